The predicted octanol–water partition coefficient (Wildman–Crippen LogP) is 2.43. The topological polar surface area (TPSA) is 109 Å². The summed E-state index contributed by atoms with van der Waals surface area (Å²) in [5.41, 5.74) is 10.1. The summed E-state index contributed by atoms with van der Waals surface area (Å²) in [6, 6.07) is 4.46. The number of nitrogens with one attached hydrogen (secondary N) is 1. The molecule has 9 heteroatoms. The molecule has 5 rings (SSSR count). The van der Waals surface area contributed by atoms with Crippen LogP contribution in [0.2, 0.25) is 0 Å². The minimum absolute atomic E-state index is 0.0376. The monoisotopic (exact) mass is 441 g/mol. The van der Waals surface area contributed by atoms with Crippen LogP contribution >= 0.6 is 0 Å². The molecule has 0 fully saturated rings. The lowest BCUT2D eigenvalue weighted by molar-refractivity contribution is 0.0317. The number of nitrogens with zero attached hydrogens (tertiary/aromatic N) is 3. The zero-order chi connectivity index (χ0) is 22.4. The van der Waals surface area contributed by atoms with Gasteiger partial charge < -0.3 is 25.8 Å². The van der Waals surface area contributed by atoms with E-state index in [1.54, 1.807) is 29.0 Å². The predicted molar refractivity (Wildman–Crippen MR) is 116 cm³/mol. The minimum atomic E-state index is -2.52. The molecule has 3 atom stereocenters. The fourth-order valence-corrected chi connectivity index (χ4v) is 4.87. The highest BCUT2D eigenvalue weighted by atomic mass is 19.3. The van der Waals surface area contributed by atoms with Crippen molar-refractivity contribution in [2.75, 3.05) is 12.3 Å². The molecule has 5 N–H and O–H groups in total. The Kier molecular flexibility index (Phi) is 5.40. The molecule has 2 aromatic heterocycles. The number of halogens is 2. The molecule has 1 aliphatic carbocycles. The number of aliphatic hydroxyl groups is 2. The maximum Gasteiger partial charge on any atom is 0.263 e. The van der Waals surface area contributed by atoms with Crippen LogP contribution in [0.5, 0.6) is 0 Å². The molecular formula is C23H25F2N5O2. The highest BCUT2D eigenvalue weighted by Crippen LogP contribution is 2.35. The van der Waals surface area contributed by atoms with E-state index in [1.807, 2.05) is 6.08 Å². The molecule has 3 aromatic rings. The Morgan fingerprint density at radius 3 is 2.88 bits per heavy atom. The van der Waals surface area contributed by atoms with E-state index in [0.29, 0.717) is 41.8 Å². The second-order valence-corrected chi connectivity index (χ2v) is 8.43. The van der Waals surface area contributed by atoms with Gasteiger partial charge in [-0.15, -0.1) is 0 Å². The first-order valence-electron chi connectivity index (χ1n) is 10.7. The van der Waals surface area contributed by atoms with Crippen molar-refractivity contribution >= 4 is 16.9 Å². The van der Waals surface area contributed by atoms with Crippen molar-refractivity contribution in [2.24, 2.45) is 0 Å². The van der Waals surface area contributed by atoms with Crippen molar-refractivity contribution in [1.82, 2.24) is 19.9 Å². The number of benzene rings is 1. The Hall–Kier alpha value is -2.88. The SMILES string of the molecule is Nc1ncnc2c1ccn2C1C=C(CCc2cc(C(F)F)cc3c2CNCC3)C(O)C1O. The average Bonchev–Trinajstić information content (AvgIpc) is 3.34. The first-order valence-corrected chi connectivity index (χ1v) is 10.7. The lowest BCUT2D eigenvalue weighted by atomic mass is 9.90. The summed E-state index contributed by atoms with van der Waals surface area (Å²) < 4.78 is 28.6. The van der Waals surface area contributed by atoms with Crippen LogP contribution in [0.1, 0.15) is 41.1 Å². The first-order chi connectivity index (χ1) is 15.4. The molecule has 168 valence electrons. The molecule has 3 heterocycles. The standard InChI is InChI=1S/C23H25F2N5O2/c24-21(25)15-7-12(17-10-27-5-3-13(17)8-15)1-2-14-9-18(20(32)19(14)31)30-6-4-16-22(26)28-11-29-23(16)30/h4,6-9,11,18-21,27,31-32H,1-3,5,10H2,(H2,26,28,29). The number of nitrogens with two attached hydrogens (primary N) is 1. The van der Waals surface area contributed by atoms with E-state index in [2.05, 4.69) is 15.3 Å². The minimum Gasteiger partial charge on any atom is -0.388 e. The number of aromatic nitrogens is 3. The Bertz CT molecular complexity index is 1190. The van der Waals surface area contributed by atoms with Gasteiger partial charge in [-0.3, -0.25) is 0 Å². The molecule has 2 aliphatic rings. The normalized spacial score (nSPS) is 23.0. The number of aliphatic hydroxyl groups excluding tert-OH is 2. The Morgan fingerprint density at radius 1 is 1.22 bits per heavy atom. The molecule has 7 nitrogen and oxygen atoms in total. The Labute approximate surface area is 183 Å². The lowest BCUT2D eigenvalue weighted by Gasteiger charge is -2.23. The van der Waals surface area contributed by atoms with Crippen molar-refractivity contribution in [3.63, 3.8) is 0 Å². The van der Waals surface area contributed by atoms with Gasteiger partial charge in [-0.1, -0.05) is 6.08 Å². The van der Waals surface area contributed by atoms with Crippen molar-refractivity contribution in [3.8, 4) is 0 Å². The Morgan fingerprint density at radius 2 is 2.06 bits per heavy atom. The van der Waals surface area contributed by atoms with E-state index < -0.39 is 24.7 Å². The summed E-state index contributed by atoms with van der Waals surface area (Å²) >= 11 is 0. The maximum atomic E-state index is 13.4. The van der Waals surface area contributed by atoms with Crippen LogP contribution in [0.4, 0.5) is 14.6 Å². The maximum absolute atomic E-state index is 13.4. The molecule has 0 amide bonds. The Balaban J connectivity index is 1.42. The van der Waals surface area contributed by atoms with E-state index in [0.717, 1.165) is 29.7 Å². The van der Waals surface area contributed by atoms with Crippen LogP contribution in [0, 0.1) is 0 Å². The largest absolute Gasteiger partial charge is 0.388 e. The molecular weight excluding hydrogens is 416 g/mol. The third-order valence-electron chi connectivity index (χ3n) is 6.56. The fraction of sp³-hybridized carbons (Fsp3) is 0.391. The van der Waals surface area contributed by atoms with E-state index in [-0.39, 0.29) is 5.56 Å². The number of hydrogen-bond donors (Lipinski definition) is 4. The molecule has 0 radical (unpaired) electrons. The number of nitrogen functional groups attached to an aromatic ring is 1. The molecule has 3 unspecified atom stereocenters. The van der Waals surface area contributed by atoms with Gasteiger partial charge in [0.2, 0.25) is 0 Å². The second kappa shape index (κ2) is 8.23. The van der Waals surface area contributed by atoms with Crippen LogP contribution in [0.25, 0.3) is 11.0 Å². The van der Waals surface area contributed by atoms with Crippen LogP contribution in [0.15, 0.2) is 42.4 Å². The van der Waals surface area contributed by atoms with Gasteiger partial charge in [0, 0.05) is 18.3 Å². The van der Waals surface area contributed by atoms with Crippen LogP contribution in [0.3, 0.4) is 0 Å². The molecule has 0 spiro atoms. The molecule has 1 aliphatic heterocycles. The fourth-order valence-electron chi connectivity index (χ4n) is 4.87. The van der Waals surface area contributed by atoms with Crippen LogP contribution < -0.4 is 11.1 Å². The number of aryl methyl sites for hydroxylation is 1. The van der Waals surface area contributed by atoms with Crippen molar-refractivity contribution in [1.29, 1.82) is 0 Å². The highest BCUT2D eigenvalue weighted by molar-refractivity contribution is 5.86. The number of alkyl halides is 2. The summed E-state index contributed by atoms with van der Waals surface area (Å²) in [5.74, 6) is 0.350. The number of hydrogen-bond acceptors (Lipinski definition) is 6. The van der Waals surface area contributed by atoms with Gasteiger partial charge in [0.1, 0.15) is 30.0 Å². The first kappa shape index (κ1) is 21.0. The van der Waals surface area contributed by atoms with E-state index in [4.69, 9.17) is 5.73 Å². The smallest absolute Gasteiger partial charge is 0.263 e. The van der Waals surface area contributed by atoms with E-state index in [9.17, 15) is 19.0 Å². The summed E-state index contributed by atoms with van der Waals surface area (Å²) in [7, 11) is 0. The van der Waals surface area contributed by atoms with Crippen molar-refractivity contribution in [2.45, 2.75) is 50.5 Å². The highest BCUT2D eigenvalue weighted by Gasteiger charge is 2.36. The zero-order valence-electron chi connectivity index (χ0n) is 17.4. The molecule has 0 saturated heterocycles. The van der Waals surface area contributed by atoms with Gasteiger partial charge in [0.05, 0.1) is 11.4 Å². The second-order valence-electron chi connectivity index (χ2n) is 8.43. The van der Waals surface area contributed by atoms with Gasteiger partial charge in [-0.05, 0) is 66.3 Å². The summed E-state index contributed by atoms with van der Waals surface area (Å²) in [5, 5.41) is 25.4. The van der Waals surface area contributed by atoms with E-state index in [1.165, 1.54) is 6.33 Å². The average molecular weight is 441 g/mol. The summed E-state index contributed by atoms with van der Waals surface area (Å²) in [6.45, 7) is 1.42. The third kappa shape index (κ3) is 3.56. The number of anilines is 1. The van der Waals surface area contributed by atoms with E-state index >= 15 is 0 Å². The third-order valence-corrected chi connectivity index (χ3v) is 6.56. The van der Waals surface area contributed by atoms with Crippen LogP contribution in [-0.2, 0) is 19.4 Å². The molecule has 32 heavy (non-hydrogen) atoms. The number of fused-ring (bicyclic) bond motifs is 2. The van der Waals surface area contributed by atoms with Crippen molar-refractivity contribution < 1.29 is 19.0 Å². The summed E-state index contributed by atoms with van der Waals surface area (Å²) in [4.78, 5) is 8.25. The van der Waals surface area contributed by atoms with Gasteiger partial charge in [-0.25, -0.2) is 18.7 Å². The van der Waals surface area contributed by atoms with Gasteiger partial charge >= 0.3 is 0 Å². The molecule has 0 bridgehead atoms. The molecule has 1 aromatic carbocycles. The summed E-state index contributed by atoms with van der Waals surface area (Å²) in [6.07, 6.45) is 2.07. The molecule has 0 saturated carbocycles. The lowest BCUT2D eigenvalue weighted by Crippen LogP contribution is -2.29. The van der Waals surface area contributed by atoms with Crippen LogP contribution in [-0.4, -0.2) is 43.5 Å². The van der Waals surface area contributed by atoms with Gasteiger partial charge in [-0.2, -0.15) is 0 Å². The van der Waals surface area contributed by atoms with Gasteiger partial charge in [0.25, 0.3) is 6.43 Å². The van der Waals surface area contributed by atoms with Gasteiger partial charge in [0.15, 0.2) is 0 Å². The number of rotatable bonds is 5. The van der Waals surface area contributed by atoms with Crippen molar-refractivity contribution in [3.05, 3.63) is 64.6 Å². The zero-order valence-corrected chi connectivity index (χ0v) is 17.4. The quantitative estimate of drug-likeness (QED) is 0.453.